The molecule has 166 valence electrons. The van der Waals surface area contributed by atoms with Gasteiger partial charge in [-0.25, -0.2) is 0 Å². The largest absolute Gasteiger partial charge is 0.507 e. The molecule has 3 aromatic rings. The quantitative estimate of drug-likeness (QED) is 0.365. The van der Waals surface area contributed by atoms with Gasteiger partial charge in [0.2, 0.25) is 0 Å². The van der Waals surface area contributed by atoms with Crippen LogP contribution in [0.5, 0.6) is 5.75 Å². The van der Waals surface area contributed by atoms with Crippen LogP contribution in [0.4, 0.5) is 5.69 Å². The lowest BCUT2D eigenvalue weighted by atomic mass is 9.89. The molecule has 1 amide bonds. The Morgan fingerprint density at radius 2 is 1.82 bits per heavy atom. The van der Waals surface area contributed by atoms with Gasteiger partial charge >= 0.3 is 0 Å². The topological polar surface area (TPSA) is 79.7 Å². The molecule has 5 rings (SSSR count). The monoisotopic (exact) mass is 440 g/mol. The highest BCUT2D eigenvalue weighted by Gasteiger charge is 2.47. The maximum atomic E-state index is 13.3. The molecular weight excluding hydrogens is 416 g/mol. The molecule has 1 saturated heterocycles. The average Bonchev–Trinajstić information content (AvgIpc) is 3.13. The smallest absolute Gasteiger partial charge is 0.300 e. The Hall–Kier alpha value is -3.93. The Kier molecular flexibility index (Phi) is 5.42. The molecule has 0 saturated carbocycles. The van der Waals surface area contributed by atoms with Crippen LogP contribution in [0.15, 0.2) is 72.6 Å². The number of nitrogens with zero attached hydrogens (tertiary/aromatic N) is 2. The van der Waals surface area contributed by atoms with Gasteiger partial charge in [0.15, 0.2) is 0 Å². The van der Waals surface area contributed by atoms with Gasteiger partial charge < -0.3 is 9.84 Å². The average molecular weight is 440 g/mol. The number of ether oxygens (including phenoxy) is 1. The summed E-state index contributed by atoms with van der Waals surface area (Å²) in [6, 6.07) is 15.5. The van der Waals surface area contributed by atoms with Crippen LogP contribution >= 0.6 is 0 Å². The van der Waals surface area contributed by atoms with Crippen molar-refractivity contribution < 1.29 is 19.4 Å². The van der Waals surface area contributed by atoms with E-state index in [1.54, 1.807) is 48.8 Å². The van der Waals surface area contributed by atoms with E-state index in [4.69, 9.17) is 4.74 Å². The zero-order valence-electron chi connectivity index (χ0n) is 18.3. The van der Waals surface area contributed by atoms with E-state index in [-0.39, 0.29) is 11.3 Å². The zero-order chi connectivity index (χ0) is 22.9. The number of hydrogen-bond acceptors (Lipinski definition) is 5. The number of pyridine rings is 1. The normalized spacial score (nSPS) is 19.4. The first-order valence-electron chi connectivity index (χ1n) is 11.1. The number of rotatable bonds is 4. The first-order chi connectivity index (χ1) is 16.1. The van der Waals surface area contributed by atoms with E-state index in [1.165, 1.54) is 23.1 Å². The summed E-state index contributed by atoms with van der Waals surface area (Å²) in [7, 11) is 1.52. The fourth-order valence-corrected chi connectivity index (χ4v) is 4.80. The standard InChI is InChI=1S/C27H24N2O4/c1-33-22-11-5-4-10-21(22)29-24(20-9-6-14-28-16-20)23(26(31)27(29)32)25(30)19-13-12-17-7-2-3-8-18(17)15-19/h4-6,9-16,24,30H,2-3,7-8H2,1H3/b25-23-. The van der Waals surface area contributed by atoms with Crippen LogP contribution in [-0.4, -0.2) is 28.9 Å². The summed E-state index contributed by atoms with van der Waals surface area (Å²) in [4.78, 5) is 32.2. The van der Waals surface area contributed by atoms with Gasteiger partial charge in [0, 0.05) is 18.0 Å². The molecule has 1 fully saturated rings. The van der Waals surface area contributed by atoms with Gasteiger partial charge in [0.25, 0.3) is 11.7 Å². The summed E-state index contributed by atoms with van der Waals surface area (Å²) in [6.07, 6.45) is 7.46. The minimum Gasteiger partial charge on any atom is -0.507 e. The molecule has 1 N–H and O–H groups in total. The van der Waals surface area contributed by atoms with E-state index in [1.807, 2.05) is 18.2 Å². The van der Waals surface area contributed by atoms with Crippen LogP contribution in [0, 0.1) is 0 Å². The molecule has 1 aliphatic heterocycles. The highest BCUT2D eigenvalue weighted by molar-refractivity contribution is 6.51. The third-order valence-corrected chi connectivity index (χ3v) is 6.41. The number of ketones is 1. The van der Waals surface area contributed by atoms with Gasteiger partial charge in [-0.05, 0) is 66.6 Å². The van der Waals surface area contributed by atoms with Crippen LogP contribution in [0.2, 0.25) is 0 Å². The zero-order valence-corrected chi connectivity index (χ0v) is 18.3. The first-order valence-corrected chi connectivity index (χ1v) is 11.1. The van der Waals surface area contributed by atoms with Crippen molar-refractivity contribution in [2.75, 3.05) is 12.0 Å². The summed E-state index contributed by atoms with van der Waals surface area (Å²) in [6.45, 7) is 0. The fourth-order valence-electron chi connectivity index (χ4n) is 4.80. The number of benzene rings is 2. The molecule has 1 unspecified atom stereocenters. The molecule has 1 atom stereocenters. The van der Waals surface area contributed by atoms with Gasteiger partial charge in [0.05, 0.1) is 24.4 Å². The van der Waals surface area contributed by atoms with Crippen molar-refractivity contribution in [2.24, 2.45) is 0 Å². The van der Waals surface area contributed by atoms with Crippen molar-refractivity contribution in [1.29, 1.82) is 0 Å². The number of hydrogen-bond donors (Lipinski definition) is 1. The number of aliphatic hydroxyl groups excluding tert-OH is 1. The van der Waals surface area contributed by atoms with E-state index in [2.05, 4.69) is 4.98 Å². The maximum absolute atomic E-state index is 13.3. The minimum absolute atomic E-state index is 0.0506. The molecule has 0 bridgehead atoms. The second-order valence-electron chi connectivity index (χ2n) is 8.32. The van der Waals surface area contributed by atoms with Crippen molar-refractivity contribution in [3.05, 3.63) is 94.8 Å². The molecule has 2 aliphatic rings. The molecule has 0 radical (unpaired) electrons. The molecule has 1 aliphatic carbocycles. The number of para-hydroxylation sites is 2. The Bertz CT molecular complexity index is 1270. The fraction of sp³-hybridized carbons (Fsp3) is 0.222. The molecule has 6 heteroatoms. The number of aliphatic hydroxyl groups is 1. The van der Waals surface area contributed by atoms with E-state index in [0.717, 1.165) is 25.7 Å². The predicted molar refractivity (Wildman–Crippen MR) is 125 cm³/mol. The Morgan fingerprint density at radius 3 is 2.58 bits per heavy atom. The summed E-state index contributed by atoms with van der Waals surface area (Å²) in [5.41, 5.74) is 4.14. The lowest BCUT2D eigenvalue weighted by molar-refractivity contribution is -0.132. The molecular formula is C27H24N2O4. The van der Waals surface area contributed by atoms with E-state index in [0.29, 0.717) is 22.6 Å². The number of aryl methyl sites for hydroxylation is 2. The first kappa shape index (κ1) is 20.9. The van der Waals surface area contributed by atoms with Gasteiger partial charge in [-0.2, -0.15) is 0 Å². The number of carbonyl (C=O) groups excluding carboxylic acids is 2. The molecule has 33 heavy (non-hydrogen) atoms. The third kappa shape index (κ3) is 3.57. The van der Waals surface area contributed by atoms with Gasteiger partial charge in [-0.15, -0.1) is 0 Å². The minimum atomic E-state index is -0.828. The Balaban J connectivity index is 1.70. The van der Waals surface area contributed by atoms with E-state index >= 15 is 0 Å². The van der Waals surface area contributed by atoms with Crippen molar-refractivity contribution in [3.63, 3.8) is 0 Å². The van der Waals surface area contributed by atoms with Gasteiger partial charge in [-0.1, -0.05) is 30.3 Å². The van der Waals surface area contributed by atoms with Crippen LogP contribution in [0.3, 0.4) is 0 Å². The summed E-state index contributed by atoms with van der Waals surface area (Å²) in [5.74, 6) is -1.16. The molecule has 2 heterocycles. The van der Waals surface area contributed by atoms with Gasteiger partial charge in [-0.3, -0.25) is 19.5 Å². The Labute approximate surface area is 192 Å². The molecule has 6 nitrogen and oxygen atoms in total. The van der Waals surface area contributed by atoms with E-state index in [9.17, 15) is 14.7 Å². The maximum Gasteiger partial charge on any atom is 0.300 e. The number of fused-ring (bicyclic) bond motifs is 1. The highest BCUT2D eigenvalue weighted by atomic mass is 16.5. The second kappa shape index (κ2) is 8.54. The lowest BCUT2D eigenvalue weighted by Gasteiger charge is -2.26. The predicted octanol–water partition coefficient (Wildman–Crippen LogP) is 4.60. The summed E-state index contributed by atoms with van der Waals surface area (Å²) < 4.78 is 5.47. The van der Waals surface area contributed by atoms with Crippen molar-refractivity contribution in [1.82, 2.24) is 4.98 Å². The number of aromatic nitrogens is 1. The summed E-state index contributed by atoms with van der Waals surface area (Å²) in [5, 5.41) is 11.4. The van der Waals surface area contributed by atoms with Crippen LogP contribution in [0.1, 0.15) is 41.1 Å². The third-order valence-electron chi connectivity index (χ3n) is 6.41. The number of anilines is 1. The number of amides is 1. The molecule has 1 aromatic heterocycles. The number of carbonyl (C=O) groups is 2. The Morgan fingerprint density at radius 1 is 1.03 bits per heavy atom. The lowest BCUT2D eigenvalue weighted by Crippen LogP contribution is -2.29. The van der Waals surface area contributed by atoms with Crippen LogP contribution in [-0.2, 0) is 22.4 Å². The van der Waals surface area contributed by atoms with Crippen molar-refractivity contribution >= 4 is 23.1 Å². The summed E-state index contributed by atoms with van der Waals surface area (Å²) >= 11 is 0. The van der Waals surface area contributed by atoms with Gasteiger partial charge in [0.1, 0.15) is 11.5 Å². The number of methoxy groups -OCH3 is 1. The van der Waals surface area contributed by atoms with Crippen LogP contribution < -0.4 is 9.64 Å². The van der Waals surface area contributed by atoms with Crippen molar-refractivity contribution in [2.45, 2.75) is 31.7 Å². The number of Topliss-reactive ketones (excluding diaryl/α,β-unsaturated/α-hetero) is 1. The van der Waals surface area contributed by atoms with Crippen molar-refractivity contribution in [3.8, 4) is 5.75 Å². The second-order valence-corrected chi connectivity index (χ2v) is 8.32. The van der Waals surface area contributed by atoms with Crippen LogP contribution in [0.25, 0.3) is 5.76 Å². The van der Waals surface area contributed by atoms with E-state index < -0.39 is 17.7 Å². The highest BCUT2D eigenvalue weighted by Crippen LogP contribution is 2.44. The molecule has 0 spiro atoms. The SMILES string of the molecule is COc1ccccc1N1C(=O)C(=O)/C(=C(\O)c2ccc3c(c2)CCCC3)C1c1cccnc1. The molecule has 2 aromatic carbocycles.